The summed E-state index contributed by atoms with van der Waals surface area (Å²) in [6, 6.07) is 5.07. The Morgan fingerprint density at radius 1 is 1.24 bits per heavy atom. The molecule has 86 valence electrons. The molecular formula is C12H8Cl2N2O. The Balaban J connectivity index is 2.21. The summed E-state index contributed by atoms with van der Waals surface area (Å²) in [5, 5.41) is 0.687. The Morgan fingerprint density at radius 3 is 2.59 bits per heavy atom. The van der Waals surface area contributed by atoms with E-state index >= 15 is 0 Å². The van der Waals surface area contributed by atoms with Gasteiger partial charge in [-0.3, -0.25) is 9.78 Å². The molecule has 0 aromatic carbocycles. The van der Waals surface area contributed by atoms with Gasteiger partial charge in [0.2, 0.25) is 0 Å². The SMILES string of the molecule is O=C(Cc1ccncc1)c1ncc(Cl)cc1Cl. The van der Waals surface area contributed by atoms with E-state index in [0.717, 1.165) is 5.56 Å². The van der Waals surface area contributed by atoms with Gasteiger partial charge in [0.05, 0.1) is 10.0 Å². The van der Waals surface area contributed by atoms with Crippen molar-refractivity contribution in [3.63, 3.8) is 0 Å². The van der Waals surface area contributed by atoms with Crippen LogP contribution in [0.4, 0.5) is 0 Å². The molecule has 0 unspecified atom stereocenters. The first-order valence-electron chi connectivity index (χ1n) is 4.90. The minimum atomic E-state index is -0.141. The summed E-state index contributed by atoms with van der Waals surface area (Å²) in [5.74, 6) is -0.141. The van der Waals surface area contributed by atoms with Crippen molar-refractivity contribution < 1.29 is 4.79 Å². The van der Waals surface area contributed by atoms with Gasteiger partial charge >= 0.3 is 0 Å². The first-order valence-corrected chi connectivity index (χ1v) is 5.65. The van der Waals surface area contributed by atoms with Crippen LogP contribution in [0.15, 0.2) is 36.8 Å². The number of Topliss-reactive ketones (excluding diaryl/α,β-unsaturated/α-hetero) is 1. The van der Waals surface area contributed by atoms with Crippen molar-refractivity contribution >= 4 is 29.0 Å². The Bertz CT molecular complexity index is 543. The van der Waals surface area contributed by atoms with E-state index in [1.807, 2.05) is 0 Å². The molecule has 17 heavy (non-hydrogen) atoms. The van der Waals surface area contributed by atoms with Gasteiger partial charge < -0.3 is 0 Å². The molecule has 0 N–H and O–H groups in total. The van der Waals surface area contributed by atoms with Crippen molar-refractivity contribution in [3.05, 3.63) is 58.1 Å². The largest absolute Gasteiger partial charge is 0.292 e. The van der Waals surface area contributed by atoms with E-state index in [2.05, 4.69) is 9.97 Å². The molecule has 0 saturated heterocycles. The summed E-state index contributed by atoms with van der Waals surface area (Å²) in [7, 11) is 0. The highest BCUT2D eigenvalue weighted by Gasteiger charge is 2.13. The molecule has 0 aliphatic rings. The molecule has 0 amide bonds. The summed E-state index contributed by atoms with van der Waals surface area (Å²) in [4.78, 5) is 19.8. The molecule has 5 heteroatoms. The van der Waals surface area contributed by atoms with E-state index in [0.29, 0.717) is 5.02 Å². The van der Waals surface area contributed by atoms with E-state index in [-0.39, 0.29) is 22.9 Å². The number of carbonyl (C=O) groups is 1. The van der Waals surface area contributed by atoms with E-state index in [1.54, 1.807) is 24.5 Å². The molecule has 2 rings (SSSR count). The Hall–Kier alpha value is -1.45. The van der Waals surface area contributed by atoms with Crippen LogP contribution in [0.5, 0.6) is 0 Å². The third-order valence-corrected chi connectivity index (χ3v) is 2.68. The minimum absolute atomic E-state index is 0.141. The van der Waals surface area contributed by atoms with Gasteiger partial charge in [0.15, 0.2) is 5.78 Å². The number of aromatic nitrogens is 2. The van der Waals surface area contributed by atoms with E-state index in [9.17, 15) is 4.79 Å². The van der Waals surface area contributed by atoms with E-state index in [1.165, 1.54) is 12.3 Å². The van der Waals surface area contributed by atoms with E-state index in [4.69, 9.17) is 23.2 Å². The maximum atomic E-state index is 11.9. The molecule has 2 aromatic rings. The maximum absolute atomic E-state index is 11.9. The summed E-state index contributed by atoms with van der Waals surface area (Å²) in [6.45, 7) is 0. The van der Waals surface area contributed by atoms with Crippen LogP contribution in [0.25, 0.3) is 0 Å². The van der Waals surface area contributed by atoms with Gasteiger partial charge in [0.1, 0.15) is 5.69 Å². The average molecular weight is 267 g/mol. The monoisotopic (exact) mass is 266 g/mol. The zero-order chi connectivity index (χ0) is 12.3. The first kappa shape index (κ1) is 12.0. The molecule has 0 radical (unpaired) electrons. The molecule has 0 bridgehead atoms. The number of halogens is 2. The lowest BCUT2D eigenvalue weighted by Gasteiger charge is -2.03. The highest BCUT2D eigenvalue weighted by Crippen LogP contribution is 2.19. The summed E-state index contributed by atoms with van der Waals surface area (Å²) in [5.41, 5.74) is 1.12. The molecule has 0 atom stereocenters. The Morgan fingerprint density at radius 2 is 1.94 bits per heavy atom. The summed E-state index contributed by atoms with van der Waals surface area (Å²) in [6.07, 6.45) is 4.93. The third-order valence-electron chi connectivity index (χ3n) is 2.19. The van der Waals surface area contributed by atoms with Crippen molar-refractivity contribution in [2.24, 2.45) is 0 Å². The standard InChI is InChI=1S/C12H8Cl2N2O/c13-9-6-10(14)12(16-7-9)11(17)5-8-1-3-15-4-2-8/h1-4,6-7H,5H2. The Kier molecular flexibility index (Phi) is 3.71. The van der Waals surface area contributed by atoms with Crippen LogP contribution in [-0.4, -0.2) is 15.8 Å². The van der Waals surface area contributed by atoms with Crippen molar-refractivity contribution in [3.8, 4) is 0 Å². The topological polar surface area (TPSA) is 42.9 Å². The summed E-state index contributed by atoms with van der Waals surface area (Å²) >= 11 is 11.6. The van der Waals surface area contributed by atoms with Crippen LogP contribution in [0.1, 0.15) is 16.1 Å². The van der Waals surface area contributed by atoms with Crippen molar-refractivity contribution in [1.29, 1.82) is 0 Å². The second kappa shape index (κ2) is 5.25. The lowest BCUT2D eigenvalue weighted by Crippen LogP contribution is -2.06. The van der Waals surface area contributed by atoms with Gasteiger partial charge in [-0.05, 0) is 23.8 Å². The van der Waals surface area contributed by atoms with Gasteiger partial charge in [-0.15, -0.1) is 0 Å². The number of rotatable bonds is 3. The van der Waals surface area contributed by atoms with Crippen LogP contribution in [0.3, 0.4) is 0 Å². The quantitative estimate of drug-likeness (QED) is 0.802. The van der Waals surface area contributed by atoms with Crippen LogP contribution < -0.4 is 0 Å². The van der Waals surface area contributed by atoms with Crippen LogP contribution >= 0.6 is 23.2 Å². The van der Waals surface area contributed by atoms with Gasteiger partial charge in [-0.1, -0.05) is 23.2 Å². The van der Waals surface area contributed by atoms with Crippen LogP contribution in [0.2, 0.25) is 10.0 Å². The number of hydrogen-bond acceptors (Lipinski definition) is 3. The molecule has 0 spiro atoms. The van der Waals surface area contributed by atoms with E-state index < -0.39 is 0 Å². The third kappa shape index (κ3) is 3.02. The number of nitrogens with zero attached hydrogens (tertiary/aromatic N) is 2. The molecule has 2 heterocycles. The predicted octanol–water partition coefficient (Wildman–Crippen LogP) is 3.21. The Labute approximate surface area is 108 Å². The average Bonchev–Trinajstić information content (AvgIpc) is 2.30. The van der Waals surface area contributed by atoms with Gasteiger partial charge in [0.25, 0.3) is 0 Å². The molecule has 3 nitrogen and oxygen atoms in total. The second-order valence-corrected chi connectivity index (χ2v) is 4.28. The maximum Gasteiger partial charge on any atom is 0.187 e. The lowest BCUT2D eigenvalue weighted by molar-refractivity contribution is 0.0988. The fourth-order valence-electron chi connectivity index (χ4n) is 1.39. The van der Waals surface area contributed by atoms with Crippen LogP contribution in [0, 0.1) is 0 Å². The molecule has 0 fully saturated rings. The normalized spacial score (nSPS) is 10.2. The zero-order valence-corrected chi connectivity index (χ0v) is 10.2. The number of pyridine rings is 2. The lowest BCUT2D eigenvalue weighted by atomic mass is 10.1. The van der Waals surface area contributed by atoms with Crippen molar-refractivity contribution in [2.75, 3.05) is 0 Å². The zero-order valence-electron chi connectivity index (χ0n) is 8.73. The molecule has 0 saturated carbocycles. The van der Waals surface area contributed by atoms with Crippen LogP contribution in [-0.2, 0) is 6.42 Å². The van der Waals surface area contributed by atoms with Gasteiger partial charge in [-0.2, -0.15) is 0 Å². The number of hydrogen-bond donors (Lipinski definition) is 0. The molecule has 0 aliphatic heterocycles. The molecular weight excluding hydrogens is 259 g/mol. The van der Waals surface area contributed by atoms with Crippen molar-refractivity contribution in [1.82, 2.24) is 9.97 Å². The summed E-state index contributed by atoms with van der Waals surface area (Å²) < 4.78 is 0. The van der Waals surface area contributed by atoms with Crippen molar-refractivity contribution in [2.45, 2.75) is 6.42 Å². The van der Waals surface area contributed by atoms with Gasteiger partial charge in [-0.25, -0.2) is 4.98 Å². The fourth-order valence-corrected chi connectivity index (χ4v) is 1.87. The highest BCUT2D eigenvalue weighted by molar-refractivity contribution is 6.36. The number of ketones is 1. The molecule has 2 aromatic heterocycles. The minimum Gasteiger partial charge on any atom is -0.292 e. The first-order chi connectivity index (χ1) is 8.16. The predicted molar refractivity (Wildman–Crippen MR) is 66.5 cm³/mol. The van der Waals surface area contributed by atoms with Gasteiger partial charge in [0, 0.05) is 25.0 Å². The second-order valence-electron chi connectivity index (χ2n) is 3.44. The highest BCUT2D eigenvalue weighted by atomic mass is 35.5. The fraction of sp³-hybridized carbons (Fsp3) is 0.0833. The smallest absolute Gasteiger partial charge is 0.187 e. The number of carbonyl (C=O) groups excluding carboxylic acids is 1. The molecule has 0 aliphatic carbocycles.